The van der Waals surface area contributed by atoms with E-state index in [0.717, 1.165) is 37.2 Å². The zero-order chi connectivity index (χ0) is 17.7. The van der Waals surface area contributed by atoms with Crippen LogP contribution in [-0.4, -0.2) is 49.1 Å². The lowest BCUT2D eigenvalue weighted by molar-refractivity contribution is -0.134. The van der Waals surface area contributed by atoms with E-state index in [1.807, 2.05) is 29.2 Å². The van der Waals surface area contributed by atoms with E-state index in [1.54, 1.807) is 7.11 Å². The zero-order valence-electron chi connectivity index (χ0n) is 14.8. The Bertz CT molecular complexity index is 624. The number of carbonyl (C=O) groups is 2. The zero-order valence-corrected chi connectivity index (χ0v) is 14.8. The number of unbranched alkanes of at least 4 members (excludes halogenated alkanes) is 2. The van der Waals surface area contributed by atoms with Gasteiger partial charge in [0, 0.05) is 33.2 Å². The number of anilines is 2. The molecule has 136 valence electrons. The summed E-state index contributed by atoms with van der Waals surface area (Å²) in [6, 6.07) is 7.75. The van der Waals surface area contributed by atoms with Crippen molar-refractivity contribution in [1.82, 2.24) is 4.90 Å². The molecule has 1 saturated heterocycles. The molecule has 2 amide bonds. The maximum Gasteiger partial charge on any atom is 0.250 e. The number of amides is 2. The van der Waals surface area contributed by atoms with Crippen molar-refractivity contribution < 1.29 is 14.3 Å². The molecule has 6 nitrogen and oxygen atoms in total. The van der Waals surface area contributed by atoms with Crippen LogP contribution in [0.1, 0.15) is 38.5 Å². The number of nitrogens with one attached hydrogen (secondary N) is 2. The SMILES string of the molecule is COCCCCCC(=O)N1CCC2(CC1)Nc1ccccc1NC2=O. The molecule has 0 bridgehead atoms. The Labute approximate surface area is 148 Å². The Balaban J connectivity index is 1.51. The fourth-order valence-electron chi connectivity index (χ4n) is 3.61. The number of methoxy groups -OCH3 is 1. The number of hydrogen-bond donors (Lipinski definition) is 2. The Kier molecular flexibility index (Phi) is 5.58. The number of hydrogen-bond acceptors (Lipinski definition) is 4. The number of likely N-dealkylation sites (tertiary alicyclic amines) is 1. The van der Waals surface area contributed by atoms with Crippen molar-refractivity contribution in [3.63, 3.8) is 0 Å². The lowest BCUT2D eigenvalue weighted by atomic mass is 9.84. The van der Waals surface area contributed by atoms with Gasteiger partial charge in [-0.1, -0.05) is 18.6 Å². The smallest absolute Gasteiger partial charge is 0.250 e. The van der Waals surface area contributed by atoms with Crippen LogP contribution in [0.25, 0.3) is 0 Å². The molecule has 2 N–H and O–H groups in total. The third-order valence-corrected chi connectivity index (χ3v) is 5.19. The Morgan fingerprint density at radius 1 is 1.16 bits per heavy atom. The molecule has 0 aliphatic carbocycles. The summed E-state index contributed by atoms with van der Waals surface area (Å²) in [6.45, 7) is 2.00. The molecular formula is C19H27N3O3. The van der Waals surface area contributed by atoms with Gasteiger partial charge in [0.05, 0.1) is 11.4 Å². The third kappa shape index (κ3) is 3.95. The second-order valence-electron chi connectivity index (χ2n) is 6.89. The second kappa shape index (κ2) is 7.87. The van der Waals surface area contributed by atoms with Gasteiger partial charge in [0.15, 0.2) is 0 Å². The number of ether oxygens (including phenoxy) is 1. The van der Waals surface area contributed by atoms with E-state index in [0.29, 0.717) is 32.4 Å². The highest BCUT2D eigenvalue weighted by atomic mass is 16.5. The molecule has 2 aliphatic rings. The van der Waals surface area contributed by atoms with Gasteiger partial charge in [-0.05, 0) is 37.8 Å². The summed E-state index contributed by atoms with van der Waals surface area (Å²) in [6.07, 6.45) is 4.77. The maximum atomic E-state index is 12.6. The van der Waals surface area contributed by atoms with Crippen LogP contribution < -0.4 is 10.6 Å². The van der Waals surface area contributed by atoms with Crippen molar-refractivity contribution in [2.45, 2.75) is 44.1 Å². The average Bonchev–Trinajstić information content (AvgIpc) is 2.63. The summed E-state index contributed by atoms with van der Waals surface area (Å²) in [7, 11) is 1.70. The van der Waals surface area contributed by atoms with Gasteiger partial charge in [-0.25, -0.2) is 0 Å². The van der Waals surface area contributed by atoms with E-state index in [9.17, 15) is 9.59 Å². The first kappa shape index (κ1) is 17.7. The average molecular weight is 345 g/mol. The first-order valence-corrected chi connectivity index (χ1v) is 9.10. The van der Waals surface area contributed by atoms with Gasteiger partial charge in [0.1, 0.15) is 5.54 Å². The quantitative estimate of drug-likeness (QED) is 0.778. The minimum Gasteiger partial charge on any atom is -0.385 e. The van der Waals surface area contributed by atoms with Gasteiger partial charge in [-0.2, -0.15) is 0 Å². The summed E-state index contributed by atoms with van der Waals surface area (Å²) in [5.74, 6) is 0.210. The van der Waals surface area contributed by atoms with E-state index < -0.39 is 5.54 Å². The molecule has 1 aromatic carbocycles. The lowest BCUT2D eigenvalue weighted by Crippen LogP contribution is -2.59. The number of fused-ring (bicyclic) bond motifs is 1. The molecular weight excluding hydrogens is 318 g/mol. The number of rotatable bonds is 6. The molecule has 1 fully saturated rings. The van der Waals surface area contributed by atoms with Crippen molar-refractivity contribution in [3.8, 4) is 0 Å². The van der Waals surface area contributed by atoms with Gasteiger partial charge < -0.3 is 20.3 Å². The number of piperidine rings is 1. The Morgan fingerprint density at radius 2 is 1.88 bits per heavy atom. The molecule has 2 heterocycles. The van der Waals surface area contributed by atoms with Crippen LogP contribution in [0.2, 0.25) is 0 Å². The lowest BCUT2D eigenvalue weighted by Gasteiger charge is -2.44. The van der Waals surface area contributed by atoms with Gasteiger partial charge in [0.2, 0.25) is 11.8 Å². The Hall–Kier alpha value is -2.08. The molecule has 2 aliphatic heterocycles. The number of nitrogens with zero attached hydrogens (tertiary/aromatic N) is 1. The standard InChI is InChI=1S/C19H27N3O3/c1-25-14-6-2-3-9-17(23)22-12-10-19(11-13-22)18(24)20-15-7-4-5-8-16(15)21-19/h4-5,7-8,21H,2-3,6,9-14H2,1H3,(H,20,24). The van der Waals surface area contributed by atoms with Crippen LogP contribution in [0.3, 0.4) is 0 Å². The molecule has 0 saturated carbocycles. The predicted molar refractivity (Wildman–Crippen MR) is 97.6 cm³/mol. The van der Waals surface area contributed by atoms with Crippen LogP contribution in [0.15, 0.2) is 24.3 Å². The van der Waals surface area contributed by atoms with Crippen molar-refractivity contribution in [1.29, 1.82) is 0 Å². The van der Waals surface area contributed by atoms with Crippen LogP contribution in [0.4, 0.5) is 11.4 Å². The molecule has 0 unspecified atom stereocenters. The van der Waals surface area contributed by atoms with E-state index in [4.69, 9.17) is 4.74 Å². The monoisotopic (exact) mass is 345 g/mol. The minimum atomic E-state index is -0.594. The fraction of sp³-hybridized carbons (Fsp3) is 0.579. The highest BCUT2D eigenvalue weighted by molar-refractivity contribution is 6.06. The summed E-state index contributed by atoms with van der Waals surface area (Å²) in [5, 5.41) is 6.43. The van der Waals surface area contributed by atoms with E-state index >= 15 is 0 Å². The number of carbonyl (C=O) groups excluding carboxylic acids is 2. The molecule has 1 aromatic rings. The third-order valence-electron chi connectivity index (χ3n) is 5.19. The highest BCUT2D eigenvalue weighted by Gasteiger charge is 2.44. The summed E-state index contributed by atoms with van der Waals surface area (Å²) >= 11 is 0. The molecule has 0 radical (unpaired) electrons. The number of para-hydroxylation sites is 2. The van der Waals surface area contributed by atoms with Gasteiger partial charge in [-0.3, -0.25) is 9.59 Å². The van der Waals surface area contributed by atoms with Crippen molar-refractivity contribution in [2.75, 3.05) is 37.4 Å². The van der Waals surface area contributed by atoms with Crippen LogP contribution in [0, 0.1) is 0 Å². The van der Waals surface area contributed by atoms with E-state index in [2.05, 4.69) is 10.6 Å². The second-order valence-corrected chi connectivity index (χ2v) is 6.89. The largest absolute Gasteiger partial charge is 0.385 e. The predicted octanol–water partition coefficient (Wildman–Crippen LogP) is 2.62. The van der Waals surface area contributed by atoms with Gasteiger partial charge in [0.25, 0.3) is 0 Å². The normalized spacial score (nSPS) is 18.4. The fourth-order valence-corrected chi connectivity index (χ4v) is 3.61. The van der Waals surface area contributed by atoms with E-state index in [-0.39, 0.29) is 11.8 Å². The molecule has 0 atom stereocenters. The van der Waals surface area contributed by atoms with Gasteiger partial charge in [-0.15, -0.1) is 0 Å². The first-order chi connectivity index (χ1) is 12.1. The maximum absolute atomic E-state index is 12.6. The van der Waals surface area contributed by atoms with Crippen LogP contribution in [-0.2, 0) is 14.3 Å². The van der Waals surface area contributed by atoms with Gasteiger partial charge >= 0.3 is 0 Å². The van der Waals surface area contributed by atoms with Crippen molar-refractivity contribution >= 4 is 23.2 Å². The summed E-state index contributed by atoms with van der Waals surface area (Å²) < 4.78 is 5.02. The van der Waals surface area contributed by atoms with Crippen LogP contribution >= 0.6 is 0 Å². The minimum absolute atomic E-state index is 0.0119. The molecule has 25 heavy (non-hydrogen) atoms. The van der Waals surface area contributed by atoms with Crippen molar-refractivity contribution in [2.24, 2.45) is 0 Å². The number of benzene rings is 1. The summed E-state index contributed by atoms with van der Waals surface area (Å²) in [4.78, 5) is 26.8. The summed E-state index contributed by atoms with van der Waals surface area (Å²) in [5.41, 5.74) is 1.19. The molecule has 6 heteroatoms. The topological polar surface area (TPSA) is 70.7 Å². The highest BCUT2D eigenvalue weighted by Crippen LogP contribution is 2.36. The molecule has 1 spiro atoms. The molecule has 3 rings (SSSR count). The first-order valence-electron chi connectivity index (χ1n) is 9.10. The molecule has 0 aromatic heterocycles. The Morgan fingerprint density at radius 3 is 2.60 bits per heavy atom. The van der Waals surface area contributed by atoms with Crippen LogP contribution in [0.5, 0.6) is 0 Å². The van der Waals surface area contributed by atoms with E-state index in [1.165, 1.54) is 0 Å². The van der Waals surface area contributed by atoms with Crippen molar-refractivity contribution in [3.05, 3.63) is 24.3 Å².